The maximum atomic E-state index is 13.1. The lowest BCUT2D eigenvalue weighted by Gasteiger charge is -2.14. The number of nitrogens with zero attached hydrogens (tertiary/aromatic N) is 1. The standard InChI is InChI=1S/C24H15BrFI2NO4/c1-31-21-10-14(8-19(28)22(21)32-12-13-2-5-16(26)6-3-13)9-20-24(30)33-23(29-20)15-4-7-18(27)17(25)11-15/h2-11H,12H2,1H3/b20-9-. The van der Waals surface area contributed by atoms with Crippen molar-refractivity contribution in [2.24, 2.45) is 4.99 Å². The second-order valence-corrected chi connectivity index (χ2v) is 10.1. The first kappa shape index (κ1) is 24.1. The summed E-state index contributed by atoms with van der Waals surface area (Å²) in [6, 6.07) is 15.4. The van der Waals surface area contributed by atoms with E-state index in [1.54, 1.807) is 31.4 Å². The van der Waals surface area contributed by atoms with Crippen LogP contribution in [0.2, 0.25) is 0 Å². The molecule has 0 aliphatic carbocycles. The third kappa shape index (κ3) is 5.75. The monoisotopic (exact) mass is 733 g/mol. The van der Waals surface area contributed by atoms with Crippen LogP contribution in [0.15, 0.2) is 69.8 Å². The molecule has 4 rings (SSSR count). The molecule has 0 aromatic heterocycles. The van der Waals surface area contributed by atoms with Crippen molar-refractivity contribution in [2.75, 3.05) is 7.11 Å². The minimum absolute atomic E-state index is 0.192. The zero-order valence-corrected chi connectivity index (χ0v) is 23.0. The van der Waals surface area contributed by atoms with E-state index in [1.165, 1.54) is 12.1 Å². The lowest BCUT2D eigenvalue weighted by molar-refractivity contribution is -0.129. The van der Waals surface area contributed by atoms with Crippen LogP contribution in [0.1, 0.15) is 16.7 Å². The van der Waals surface area contributed by atoms with E-state index in [1.807, 2.05) is 24.3 Å². The number of cyclic esters (lactones) is 1. The molecule has 0 bridgehead atoms. The molecule has 1 aliphatic heterocycles. The molecule has 0 spiro atoms. The summed E-state index contributed by atoms with van der Waals surface area (Å²) >= 11 is 7.83. The van der Waals surface area contributed by atoms with Crippen LogP contribution in [0.3, 0.4) is 0 Å². The molecule has 5 nitrogen and oxygen atoms in total. The van der Waals surface area contributed by atoms with Gasteiger partial charge in [-0.15, -0.1) is 0 Å². The van der Waals surface area contributed by atoms with Crippen LogP contribution in [0.5, 0.6) is 11.5 Å². The zero-order valence-electron chi connectivity index (χ0n) is 17.1. The normalized spacial score (nSPS) is 14.3. The molecule has 0 saturated heterocycles. The molecule has 1 aliphatic rings. The largest absolute Gasteiger partial charge is 0.493 e. The van der Waals surface area contributed by atoms with Gasteiger partial charge >= 0.3 is 5.97 Å². The van der Waals surface area contributed by atoms with E-state index in [4.69, 9.17) is 14.2 Å². The van der Waals surface area contributed by atoms with E-state index in [-0.39, 0.29) is 24.0 Å². The second-order valence-electron chi connectivity index (χ2n) is 6.91. The van der Waals surface area contributed by atoms with Crippen LogP contribution in [0, 0.1) is 13.0 Å². The Kier molecular flexibility index (Phi) is 7.69. The van der Waals surface area contributed by atoms with E-state index >= 15 is 0 Å². The quantitative estimate of drug-likeness (QED) is 0.160. The van der Waals surface area contributed by atoms with Crippen LogP contribution >= 0.6 is 61.1 Å². The molecule has 0 fully saturated rings. The highest BCUT2D eigenvalue weighted by Gasteiger charge is 2.25. The molecule has 0 saturated carbocycles. The lowest BCUT2D eigenvalue weighted by Crippen LogP contribution is -2.05. The van der Waals surface area contributed by atoms with Gasteiger partial charge in [-0.25, -0.2) is 14.2 Å². The first-order chi connectivity index (χ1) is 15.8. The predicted octanol–water partition coefficient (Wildman–Crippen LogP) is 6.73. The molecule has 33 heavy (non-hydrogen) atoms. The minimum atomic E-state index is -0.523. The molecule has 3 aromatic carbocycles. The molecule has 0 amide bonds. The molecule has 0 unspecified atom stereocenters. The van der Waals surface area contributed by atoms with Gasteiger partial charge in [-0.2, -0.15) is 0 Å². The van der Waals surface area contributed by atoms with E-state index in [0.717, 1.165) is 17.2 Å². The Morgan fingerprint density at radius 2 is 1.85 bits per heavy atom. The van der Waals surface area contributed by atoms with Gasteiger partial charge < -0.3 is 14.2 Å². The molecule has 168 valence electrons. The highest BCUT2D eigenvalue weighted by atomic mass is 127. The maximum absolute atomic E-state index is 13.1. The smallest absolute Gasteiger partial charge is 0.363 e. The Hall–Kier alpha value is -1.99. The average molecular weight is 734 g/mol. The molecular weight excluding hydrogens is 719 g/mol. The van der Waals surface area contributed by atoms with Gasteiger partial charge in [-0.1, -0.05) is 12.1 Å². The van der Waals surface area contributed by atoms with Crippen LogP contribution in [-0.2, 0) is 16.1 Å². The summed E-state index contributed by atoms with van der Waals surface area (Å²) in [6.07, 6.45) is 1.64. The van der Waals surface area contributed by atoms with Crippen molar-refractivity contribution in [3.8, 4) is 11.5 Å². The van der Waals surface area contributed by atoms with Gasteiger partial charge in [-0.05, 0) is 121 Å². The van der Waals surface area contributed by atoms with Gasteiger partial charge in [0.05, 0.1) is 10.7 Å². The third-order valence-corrected chi connectivity index (χ3v) is 7.78. The van der Waals surface area contributed by atoms with Gasteiger partial charge in [0.25, 0.3) is 0 Å². The fourth-order valence-corrected chi connectivity index (χ4v) is 4.51. The zero-order chi connectivity index (χ0) is 23.5. The molecule has 0 atom stereocenters. The van der Waals surface area contributed by atoms with Crippen LogP contribution in [0.4, 0.5) is 4.39 Å². The molecule has 1 heterocycles. The Morgan fingerprint density at radius 3 is 2.55 bits per heavy atom. The van der Waals surface area contributed by atoms with Gasteiger partial charge in [0.2, 0.25) is 5.90 Å². The number of methoxy groups -OCH3 is 1. The summed E-state index contributed by atoms with van der Waals surface area (Å²) in [7, 11) is 1.54. The third-order valence-electron chi connectivity index (χ3n) is 4.64. The van der Waals surface area contributed by atoms with E-state index in [0.29, 0.717) is 22.6 Å². The van der Waals surface area contributed by atoms with E-state index in [9.17, 15) is 9.18 Å². The predicted molar refractivity (Wildman–Crippen MR) is 144 cm³/mol. The summed E-state index contributed by atoms with van der Waals surface area (Å²) < 4.78 is 32.6. The number of rotatable bonds is 6. The first-order valence-electron chi connectivity index (χ1n) is 9.57. The molecule has 0 N–H and O–H groups in total. The van der Waals surface area contributed by atoms with Gasteiger partial charge in [0.15, 0.2) is 17.2 Å². The number of hydrogen-bond acceptors (Lipinski definition) is 5. The number of carbonyl (C=O) groups is 1. The average Bonchev–Trinajstić information content (AvgIpc) is 3.15. The molecular formula is C24H15BrFI2NO4. The van der Waals surface area contributed by atoms with E-state index in [2.05, 4.69) is 66.1 Å². The maximum Gasteiger partial charge on any atom is 0.363 e. The van der Waals surface area contributed by atoms with Crippen molar-refractivity contribution >= 4 is 79.1 Å². The highest BCUT2D eigenvalue weighted by molar-refractivity contribution is 14.1. The second kappa shape index (κ2) is 10.5. The fraction of sp³-hybridized carbons (Fsp3) is 0.0833. The summed E-state index contributed by atoms with van der Waals surface area (Å²) in [5.41, 5.74) is 2.44. The molecule has 0 radical (unpaired) electrons. The Morgan fingerprint density at radius 1 is 1.09 bits per heavy atom. The van der Waals surface area contributed by atoms with Crippen LogP contribution in [0.25, 0.3) is 6.08 Å². The topological polar surface area (TPSA) is 57.1 Å². The SMILES string of the molecule is COc1cc(/C=C2\N=C(c3ccc(I)c(Br)c3)OC2=O)cc(I)c1OCc1ccc(F)cc1. The van der Waals surface area contributed by atoms with Crippen LogP contribution < -0.4 is 9.47 Å². The van der Waals surface area contributed by atoms with Gasteiger partial charge in [0.1, 0.15) is 12.4 Å². The Balaban J connectivity index is 1.59. The van der Waals surface area contributed by atoms with Crippen molar-refractivity contribution < 1.29 is 23.4 Å². The minimum Gasteiger partial charge on any atom is -0.493 e. The van der Waals surface area contributed by atoms with E-state index < -0.39 is 5.97 Å². The molecule has 9 heteroatoms. The number of aliphatic imine (C=N–C) groups is 1. The Bertz CT molecular complexity index is 1290. The number of esters is 1. The number of hydrogen-bond donors (Lipinski definition) is 0. The van der Waals surface area contributed by atoms with Gasteiger partial charge in [-0.3, -0.25) is 0 Å². The number of halogens is 4. The number of ether oxygens (including phenoxy) is 3. The number of benzene rings is 3. The first-order valence-corrected chi connectivity index (χ1v) is 12.5. The van der Waals surface area contributed by atoms with Gasteiger partial charge in [0, 0.05) is 13.6 Å². The summed E-state index contributed by atoms with van der Waals surface area (Å²) in [5, 5.41) is 0. The van der Waals surface area contributed by atoms with Crippen molar-refractivity contribution in [3.63, 3.8) is 0 Å². The van der Waals surface area contributed by atoms with Crippen molar-refractivity contribution in [1.82, 2.24) is 0 Å². The molecule has 3 aromatic rings. The number of carbonyl (C=O) groups excluding carboxylic acids is 1. The summed E-state index contributed by atoms with van der Waals surface area (Å²) in [6.45, 7) is 0.263. The van der Waals surface area contributed by atoms with Crippen molar-refractivity contribution in [2.45, 2.75) is 6.61 Å². The van der Waals surface area contributed by atoms with Crippen LogP contribution in [-0.4, -0.2) is 19.0 Å². The fourth-order valence-electron chi connectivity index (χ4n) is 3.02. The summed E-state index contributed by atoms with van der Waals surface area (Å²) in [5.74, 6) is 0.503. The van der Waals surface area contributed by atoms with Crippen molar-refractivity contribution in [1.29, 1.82) is 0 Å². The Labute approximate surface area is 225 Å². The summed E-state index contributed by atoms with van der Waals surface area (Å²) in [4.78, 5) is 16.8. The lowest BCUT2D eigenvalue weighted by atomic mass is 10.1. The van der Waals surface area contributed by atoms with Crippen molar-refractivity contribution in [3.05, 3.63) is 94.4 Å². The highest BCUT2D eigenvalue weighted by Crippen LogP contribution is 2.35.